The van der Waals surface area contributed by atoms with Gasteiger partial charge in [0.15, 0.2) is 5.65 Å². The van der Waals surface area contributed by atoms with Crippen LogP contribution in [0.25, 0.3) is 11.2 Å². The van der Waals surface area contributed by atoms with Crippen LogP contribution in [0.1, 0.15) is 29.3 Å². The normalized spacial score (nSPS) is 12.0. The number of carbonyl (C=O) groups excluding carboxylic acids is 2. The fourth-order valence-electron chi connectivity index (χ4n) is 3.02. The molecule has 7 nitrogen and oxygen atoms in total. The summed E-state index contributed by atoms with van der Waals surface area (Å²) in [7, 11) is 3.35. The SMILES string of the molecule is CCC(NC(=O)c1cnc2c(c1)ncn2CCc1ccccc1)C(=O)N(C)C. The fraction of sp³-hybridized carbons (Fsp3) is 0.333. The molecular weight excluding hydrogens is 354 g/mol. The zero-order chi connectivity index (χ0) is 20.1. The molecule has 3 rings (SSSR count). The quantitative estimate of drug-likeness (QED) is 0.683. The van der Waals surface area contributed by atoms with Crippen LogP contribution in [0, 0.1) is 0 Å². The van der Waals surface area contributed by atoms with Crippen LogP contribution in [0.2, 0.25) is 0 Å². The summed E-state index contributed by atoms with van der Waals surface area (Å²) in [6, 6.07) is 11.4. The number of imidazole rings is 1. The van der Waals surface area contributed by atoms with Crippen LogP contribution in [-0.2, 0) is 17.8 Å². The number of amides is 2. The molecular formula is C21H25N5O2. The van der Waals surface area contributed by atoms with Crippen molar-refractivity contribution in [2.75, 3.05) is 14.1 Å². The Kier molecular flexibility index (Phi) is 6.03. The van der Waals surface area contributed by atoms with Crippen molar-refractivity contribution in [3.63, 3.8) is 0 Å². The number of aromatic nitrogens is 3. The number of carbonyl (C=O) groups is 2. The van der Waals surface area contributed by atoms with Gasteiger partial charge in [0.05, 0.1) is 11.9 Å². The second-order valence-corrected chi connectivity index (χ2v) is 6.91. The Morgan fingerprint density at radius 1 is 1.18 bits per heavy atom. The third-order valence-corrected chi connectivity index (χ3v) is 4.65. The van der Waals surface area contributed by atoms with Gasteiger partial charge in [-0.2, -0.15) is 0 Å². The zero-order valence-electron chi connectivity index (χ0n) is 16.4. The third-order valence-electron chi connectivity index (χ3n) is 4.65. The van der Waals surface area contributed by atoms with E-state index in [2.05, 4.69) is 27.4 Å². The number of pyridine rings is 1. The van der Waals surface area contributed by atoms with Gasteiger partial charge in [-0.25, -0.2) is 9.97 Å². The summed E-state index contributed by atoms with van der Waals surface area (Å²) in [6.45, 7) is 2.62. The van der Waals surface area contributed by atoms with E-state index in [-0.39, 0.29) is 11.8 Å². The zero-order valence-corrected chi connectivity index (χ0v) is 16.4. The molecule has 2 amide bonds. The first-order chi connectivity index (χ1) is 13.5. The van der Waals surface area contributed by atoms with Crippen LogP contribution in [-0.4, -0.2) is 51.4 Å². The van der Waals surface area contributed by atoms with Gasteiger partial charge in [0.1, 0.15) is 11.6 Å². The molecule has 1 aromatic carbocycles. The summed E-state index contributed by atoms with van der Waals surface area (Å²) >= 11 is 0. The molecule has 2 heterocycles. The molecule has 0 aliphatic heterocycles. The number of nitrogens with one attached hydrogen (secondary N) is 1. The maximum atomic E-state index is 12.5. The summed E-state index contributed by atoms with van der Waals surface area (Å²) in [5, 5.41) is 2.78. The van der Waals surface area contributed by atoms with Gasteiger partial charge in [-0.3, -0.25) is 9.59 Å². The lowest BCUT2D eigenvalue weighted by Gasteiger charge is -2.20. The molecule has 1 atom stereocenters. The Hall–Kier alpha value is -3.22. The number of hydrogen-bond donors (Lipinski definition) is 1. The maximum absolute atomic E-state index is 12.5. The van der Waals surface area contributed by atoms with Gasteiger partial charge < -0.3 is 14.8 Å². The Bertz CT molecular complexity index is 965. The van der Waals surface area contributed by atoms with Gasteiger partial charge in [-0.05, 0) is 24.5 Å². The number of aryl methyl sites for hydroxylation is 2. The molecule has 0 radical (unpaired) electrons. The largest absolute Gasteiger partial charge is 0.347 e. The number of likely N-dealkylation sites (N-methyl/N-ethyl adjacent to an activating group) is 1. The average molecular weight is 379 g/mol. The van der Waals surface area contributed by atoms with Crippen molar-refractivity contribution in [3.05, 3.63) is 60.0 Å². The van der Waals surface area contributed by atoms with Gasteiger partial charge >= 0.3 is 0 Å². The molecule has 0 fully saturated rings. The predicted molar refractivity (Wildman–Crippen MR) is 108 cm³/mol. The molecule has 0 bridgehead atoms. The topological polar surface area (TPSA) is 80.1 Å². The van der Waals surface area contributed by atoms with Gasteiger partial charge in [0, 0.05) is 26.8 Å². The van der Waals surface area contributed by atoms with E-state index in [1.807, 2.05) is 29.7 Å². The van der Waals surface area contributed by atoms with E-state index in [9.17, 15) is 9.59 Å². The predicted octanol–water partition coefficient (Wildman–Crippen LogP) is 2.27. The van der Waals surface area contributed by atoms with Crippen molar-refractivity contribution in [2.24, 2.45) is 0 Å². The molecule has 0 aliphatic carbocycles. The van der Waals surface area contributed by atoms with E-state index in [0.29, 0.717) is 17.5 Å². The van der Waals surface area contributed by atoms with Crippen LogP contribution >= 0.6 is 0 Å². The highest BCUT2D eigenvalue weighted by atomic mass is 16.2. The van der Waals surface area contributed by atoms with Crippen LogP contribution in [0.15, 0.2) is 48.9 Å². The highest BCUT2D eigenvalue weighted by Gasteiger charge is 2.21. The minimum atomic E-state index is -0.554. The lowest BCUT2D eigenvalue weighted by Crippen LogP contribution is -2.45. The Balaban J connectivity index is 1.72. The molecule has 1 unspecified atom stereocenters. The molecule has 0 saturated heterocycles. The van der Waals surface area contributed by atoms with Gasteiger partial charge in [-0.15, -0.1) is 0 Å². The second-order valence-electron chi connectivity index (χ2n) is 6.91. The summed E-state index contributed by atoms with van der Waals surface area (Å²) < 4.78 is 1.98. The van der Waals surface area contributed by atoms with Crippen molar-refractivity contribution in [2.45, 2.75) is 32.4 Å². The minimum absolute atomic E-state index is 0.130. The second kappa shape index (κ2) is 8.65. The van der Waals surface area contributed by atoms with Gasteiger partial charge in [-0.1, -0.05) is 37.3 Å². The molecule has 0 spiro atoms. The van der Waals surface area contributed by atoms with Crippen molar-refractivity contribution in [1.82, 2.24) is 24.8 Å². The standard InChI is InChI=1S/C21H25N5O2/c1-4-17(21(28)25(2)3)24-20(27)16-12-18-19(22-13-16)26(14-23-18)11-10-15-8-6-5-7-9-15/h5-9,12-14,17H,4,10-11H2,1-3H3,(H,24,27). The average Bonchev–Trinajstić information content (AvgIpc) is 3.12. The fourth-order valence-corrected chi connectivity index (χ4v) is 3.02. The van der Waals surface area contributed by atoms with Gasteiger partial charge in [0.2, 0.25) is 5.91 Å². The lowest BCUT2D eigenvalue weighted by molar-refractivity contribution is -0.130. The number of benzene rings is 1. The molecule has 7 heteroatoms. The molecule has 0 aliphatic rings. The van der Waals surface area contributed by atoms with Crippen LogP contribution < -0.4 is 5.32 Å². The summed E-state index contributed by atoms with van der Waals surface area (Å²) in [5.41, 5.74) is 3.04. The highest BCUT2D eigenvalue weighted by molar-refractivity contribution is 5.99. The van der Waals surface area contributed by atoms with E-state index < -0.39 is 6.04 Å². The monoisotopic (exact) mass is 379 g/mol. The molecule has 3 aromatic rings. The Morgan fingerprint density at radius 3 is 2.61 bits per heavy atom. The first-order valence-corrected chi connectivity index (χ1v) is 9.36. The van der Waals surface area contributed by atoms with Crippen LogP contribution in [0.4, 0.5) is 0 Å². The smallest absolute Gasteiger partial charge is 0.253 e. The Morgan fingerprint density at radius 2 is 1.93 bits per heavy atom. The number of nitrogens with zero attached hydrogens (tertiary/aromatic N) is 4. The van der Waals surface area contributed by atoms with Crippen molar-refractivity contribution < 1.29 is 9.59 Å². The first-order valence-electron chi connectivity index (χ1n) is 9.36. The van der Waals surface area contributed by atoms with Crippen molar-refractivity contribution >= 4 is 23.0 Å². The van der Waals surface area contributed by atoms with E-state index in [4.69, 9.17) is 0 Å². The van der Waals surface area contributed by atoms with E-state index in [1.54, 1.807) is 26.5 Å². The molecule has 1 N–H and O–H groups in total. The number of rotatable bonds is 7. The first kappa shape index (κ1) is 19.5. The molecule has 28 heavy (non-hydrogen) atoms. The highest BCUT2D eigenvalue weighted by Crippen LogP contribution is 2.14. The minimum Gasteiger partial charge on any atom is -0.347 e. The number of hydrogen-bond acceptors (Lipinski definition) is 4. The lowest BCUT2D eigenvalue weighted by atomic mass is 10.1. The van der Waals surface area contributed by atoms with Crippen molar-refractivity contribution in [1.29, 1.82) is 0 Å². The van der Waals surface area contributed by atoms with Crippen molar-refractivity contribution in [3.8, 4) is 0 Å². The summed E-state index contributed by atoms with van der Waals surface area (Å²) in [6.07, 6.45) is 4.67. The van der Waals surface area contributed by atoms with E-state index >= 15 is 0 Å². The summed E-state index contributed by atoms with van der Waals surface area (Å²) in [5.74, 6) is -0.453. The van der Waals surface area contributed by atoms with Crippen LogP contribution in [0.3, 0.4) is 0 Å². The molecule has 146 valence electrons. The number of fused-ring (bicyclic) bond motifs is 1. The third kappa shape index (κ3) is 4.36. The maximum Gasteiger partial charge on any atom is 0.253 e. The van der Waals surface area contributed by atoms with E-state index in [0.717, 1.165) is 18.6 Å². The van der Waals surface area contributed by atoms with Gasteiger partial charge in [0.25, 0.3) is 5.91 Å². The van der Waals surface area contributed by atoms with E-state index in [1.165, 1.54) is 16.7 Å². The molecule has 0 saturated carbocycles. The van der Waals surface area contributed by atoms with Crippen LogP contribution in [0.5, 0.6) is 0 Å². The Labute approximate surface area is 164 Å². The summed E-state index contributed by atoms with van der Waals surface area (Å²) in [4.78, 5) is 35.0. The molecule has 2 aromatic heterocycles.